The van der Waals surface area contributed by atoms with Crippen molar-refractivity contribution in [2.24, 2.45) is 0 Å². The van der Waals surface area contributed by atoms with Crippen LogP contribution in [0.5, 0.6) is 0 Å². The van der Waals surface area contributed by atoms with E-state index >= 15 is 0 Å². The monoisotopic (exact) mass is 459 g/mol. The summed E-state index contributed by atoms with van der Waals surface area (Å²) in [6.45, 7) is 5.57. The smallest absolute Gasteiger partial charge is 0.241 e. The predicted molar refractivity (Wildman–Crippen MR) is 116 cm³/mol. The molecule has 3 N–H and O–H groups in total. The summed E-state index contributed by atoms with van der Waals surface area (Å²) >= 11 is 3.45. The lowest BCUT2D eigenvalue weighted by atomic mass is 9.98. The highest BCUT2D eigenvalue weighted by Crippen LogP contribution is 2.28. The van der Waals surface area contributed by atoms with Crippen LogP contribution < -0.4 is 11.1 Å². The molecule has 7 heteroatoms. The van der Waals surface area contributed by atoms with Crippen LogP contribution >= 0.6 is 40.7 Å². The van der Waals surface area contributed by atoms with Gasteiger partial charge < -0.3 is 11.1 Å². The van der Waals surface area contributed by atoms with Crippen molar-refractivity contribution in [3.63, 3.8) is 0 Å². The fourth-order valence-electron chi connectivity index (χ4n) is 3.11. The number of amides is 1. The average molecular weight is 461 g/mol. The van der Waals surface area contributed by atoms with Crippen LogP contribution in [0.4, 0.5) is 11.4 Å². The minimum Gasteiger partial charge on any atom is -0.397 e. The van der Waals surface area contributed by atoms with Gasteiger partial charge in [0.2, 0.25) is 5.91 Å². The molecule has 0 saturated heterocycles. The van der Waals surface area contributed by atoms with Crippen molar-refractivity contribution in [2.75, 3.05) is 17.6 Å². The first kappa shape index (κ1) is 22.8. The van der Waals surface area contributed by atoms with Crippen molar-refractivity contribution >= 4 is 58.0 Å². The van der Waals surface area contributed by atoms with Crippen molar-refractivity contribution in [3.8, 4) is 0 Å². The molecule has 2 aromatic carbocycles. The summed E-state index contributed by atoms with van der Waals surface area (Å²) in [6.07, 6.45) is 0.978. The molecule has 3 rings (SSSR count). The first-order valence-electron chi connectivity index (χ1n) is 8.13. The molecule has 0 aliphatic carbocycles. The summed E-state index contributed by atoms with van der Waals surface area (Å²) in [4.78, 5) is 14.9. The lowest BCUT2D eigenvalue weighted by Crippen LogP contribution is -2.44. The average Bonchev–Trinajstić information content (AvgIpc) is 2.58. The molecular weight excluding hydrogens is 437 g/mol. The van der Waals surface area contributed by atoms with Gasteiger partial charge in [0.1, 0.15) is 0 Å². The number of benzene rings is 2. The fourth-order valence-corrected chi connectivity index (χ4v) is 3.68. The standard InChI is InChI=1S/C19H22BrN3O.2ClH/c1-12-9-16(20)10-17(18(12)21)22-19(24)13(2)23-8-7-14-5-3-4-6-15(14)11-23;;/h3-6,9-10,13H,7-8,11,21H2,1-2H3,(H,22,24);2*1H. The number of fused-ring (bicyclic) bond motifs is 1. The van der Waals surface area contributed by atoms with Gasteiger partial charge in [-0.2, -0.15) is 0 Å². The van der Waals surface area contributed by atoms with Crippen molar-refractivity contribution in [2.45, 2.75) is 32.9 Å². The van der Waals surface area contributed by atoms with Crippen LogP contribution in [0.2, 0.25) is 0 Å². The molecule has 1 atom stereocenters. The van der Waals surface area contributed by atoms with E-state index in [1.54, 1.807) is 0 Å². The molecule has 0 spiro atoms. The molecule has 0 saturated carbocycles. The Kier molecular flexibility index (Phi) is 8.41. The quantitative estimate of drug-likeness (QED) is 0.659. The van der Waals surface area contributed by atoms with Crippen molar-refractivity contribution in [1.29, 1.82) is 0 Å². The molecule has 0 aromatic heterocycles. The molecule has 142 valence electrons. The minimum atomic E-state index is -0.211. The SMILES string of the molecule is Cc1cc(Br)cc(NC(=O)C(C)N2CCc3ccccc3C2)c1N.Cl.Cl. The predicted octanol–water partition coefficient (Wildman–Crippen LogP) is 4.57. The molecule has 0 fully saturated rings. The normalized spacial score (nSPS) is 14.4. The van der Waals surface area contributed by atoms with Crippen LogP contribution in [0.3, 0.4) is 0 Å². The zero-order valence-electron chi connectivity index (χ0n) is 14.8. The number of aryl methyl sites for hydroxylation is 1. The first-order valence-corrected chi connectivity index (χ1v) is 8.92. The third kappa shape index (κ3) is 4.92. The molecule has 1 aliphatic rings. The van der Waals surface area contributed by atoms with Crippen molar-refractivity contribution in [3.05, 3.63) is 57.6 Å². The first-order chi connectivity index (χ1) is 11.5. The molecule has 1 amide bonds. The minimum absolute atomic E-state index is 0. The summed E-state index contributed by atoms with van der Waals surface area (Å²) in [7, 11) is 0. The van der Waals surface area contributed by atoms with Crippen LogP contribution in [-0.4, -0.2) is 23.4 Å². The maximum absolute atomic E-state index is 12.7. The van der Waals surface area contributed by atoms with Gasteiger partial charge in [0, 0.05) is 17.6 Å². The summed E-state index contributed by atoms with van der Waals surface area (Å²) < 4.78 is 0.907. The molecule has 0 radical (unpaired) electrons. The zero-order valence-corrected chi connectivity index (χ0v) is 18.0. The highest BCUT2D eigenvalue weighted by Gasteiger charge is 2.25. The van der Waals surface area contributed by atoms with Crippen LogP contribution in [-0.2, 0) is 17.8 Å². The Balaban J connectivity index is 0.00000169. The number of carbonyl (C=O) groups excluding carboxylic acids is 1. The molecule has 2 aromatic rings. The third-order valence-electron chi connectivity index (χ3n) is 4.70. The van der Waals surface area contributed by atoms with E-state index in [0.717, 1.165) is 29.5 Å². The second-order valence-electron chi connectivity index (χ2n) is 6.34. The van der Waals surface area contributed by atoms with Crippen LogP contribution in [0.1, 0.15) is 23.6 Å². The van der Waals surface area contributed by atoms with Gasteiger partial charge in [-0.25, -0.2) is 0 Å². The molecule has 26 heavy (non-hydrogen) atoms. The number of anilines is 2. The highest BCUT2D eigenvalue weighted by atomic mass is 79.9. The van der Waals surface area contributed by atoms with E-state index in [1.165, 1.54) is 11.1 Å². The van der Waals surface area contributed by atoms with E-state index in [4.69, 9.17) is 5.73 Å². The number of rotatable bonds is 3. The maximum atomic E-state index is 12.7. The van der Waals surface area contributed by atoms with Gasteiger partial charge in [0.15, 0.2) is 0 Å². The molecular formula is C19H24BrCl2N3O. The van der Waals surface area contributed by atoms with Crippen LogP contribution in [0.15, 0.2) is 40.9 Å². The Morgan fingerprint density at radius 2 is 1.88 bits per heavy atom. The van der Waals surface area contributed by atoms with Gasteiger partial charge in [0.25, 0.3) is 0 Å². The number of hydrogen-bond acceptors (Lipinski definition) is 3. The topological polar surface area (TPSA) is 58.4 Å². The summed E-state index contributed by atoms with van der Waals surface area (Å²) in [5, 5.41) is 2.98. The van der Waals surface area contributed by atoms with Crippen molar-refractivity contribution in [1.82, 2.24) is 4.90 Å². The third-order valence-corrected chi connectivity index (χ3v) is 5.15. The fraction of sp³-hybridized carbons (Fsp3) is 0.316. The van der Waals surface area contributed by atoms with Gasteiger partial charge in [0.05, 0.1) is 17.4 Å². The largest absolute Gasteiger partial charge is 0.397 e. The molecule has 0 bridgehead atoms. The zero-order chi connectivity index (χ0) is 17.3. The number of nitrogens with two attached hydrogens (primary N) is 1. The summed E-state index contributed by atoms with van der Waals surface area (Å²) in [5.41, 5.74) is 11.0. The Hall–Kier alpha value is -1.27. The molecule has 1 heterocycles. The number of nitrogens with zero attached hydrogens (tertiary/aromatic N) is 1. The van der Waals surface area contributed by atoms with Gasteiger partial charge in [-0.1, -0.05) is 40.2 Å². The number of nitrogens with one attached hydrogen (secondary N) is 1. The number of nitrogen functional groups attached to an aromatic ring is 1. The van der Waals surface area contributed by atoms with E-state index in [1.807, 2.05) is 26.0 Å². The Morgan fingerprint density at radius 3 is 2.58 bits per heavy atom. The second kappa shape index (κ2) is 9.60. The lowest BCUT2D eigenvalue weighted by molar-refractivity contribution is -0.121. The van der Waals surface area contributed by atoms with E-state index in [-0.39, 0.29) is 36.8 Å². The summed E-state index contributed by atoms with van der Waals surface area (Å²) in [6, 6.07) is 12.0. The molecule has 4 nitrogen and oxygen atoms in total. The maximum Gasteiger partial charge on any atom is 0.241 e. The molecule has 1 aliphatic heterocycles. The van der Waals surface area contributed by atoms with Crippen LogP contribution in [0, 0.1) is 6.92 Å². The lowest BCUT2D eigenvalue weighted by Gasteiger charge is -2.33. The Labute approximate surface area is 175 Å². The number of halogens is 3. The van der Waals surface area contributed by atoms with E-state index in [9.17, 15) is 4.79 Å². The van der Waals surface area contributed by atoms with E-state index in [0.29, 0.717) is 11.4 Å². The van der Waals surface area contributed by atoms with Crippen LogP contribution in [0.25, 0.3) is 0 Å². The van der Waals surface area contributed by atoms with Gasteiger partial charge in [-0.3, -0.25) is 9.69 Å². The number of carbonyl (C=O) groups is 1. The van der Waals surface area contributed by atoms with E-state index < -0.39 is 0 Å². The highest BCUT2D eigenvalue weighted by molar-refractivity contribution is 9.10. The second-order valence-corrected chi connectivity index (χ2v) is 7.25. The Bertz CT molecular complexity index is 785. The van der Waals surface area contributed by atoms with Gasteiger partial charge >= 0.3 is 0 Å². The van der Waals surface area contributed by atoms with Crippen molar-refractivity contribution < 1.29 is 4.79 Å². The number of hydrogen-bond donors (Lipinski definition) is 2. The summed E-state index contributed by atoms with van der Waals surface area (Å²) in [5.74, 6) is -0.0291. The van der Waals surface area contributed by atoms with Gasteiger partial charge in [-0.05, 0) is 49.1 Å². The van der Waals surface area contributed by atoms with E-state index in [2.05, 4.69) is 50.4 Å². The molecule has 1 unspecified atom stereocenters. The van der Waals surface area contributed by atoms with Gasteiger partial charge in [-0.15, -0.1) is 24.8 Å². The Morgan fingerprint density at radius 1 is 1.23 bits per heavy atom.